The molecule has 1 saturated carbocycles. The number of nitrogens with one attached hydrogen (secondary N) is 1. The number of rotatable bonds is 10. The maximum Gasteiger partial charge on any atom is 0.244 e. The lowest BCUT2D eigenvalue weighted by Gasteiger charge is -2.33. The van der Waals surface area contributed by atoms with Gasteiger partial charge in [0.2, 0.25) is 21.8 Å². The minimum Gasteiger partial charge on any atom is -0.352 e. The molecule has 0 heterocycles. The molecule has 1 fully saturated rings. The summed E-state index contributed by atoms with van der Waals surface area (Å²) < 4.78 is 52.8. The predicted octanol–water partition coefficient (Wildman–Crippen LogP) is 3.60. The molecule has 0 bridgehead atoms. The van der Waals surface area contributed by atoms with Crippen LogP contribution in [-0.2, 0) is 26.2 Å². The van der Waals surface area contributed by atoms with Crippen molar-refractivity contribution in [3.05, 3.63) is 65.7 Å². The molecule has 1 aliphatic carbocycles. The van der Waals surface area contributed by atoms with Crippen molar-refractivity contribution >= 4 is 27.5 Å². The van der Waals surface area contributed by atoms with Crippen molar-refractivity contribution in [3.63, 3.8) is 0 Å². The van der Waals surface area contributed by atoms with Crippen LogP contribution in [0.3, 0.4) is 0 Å². The van der Waals surface area contributed by atoms with Gasteiger partial charge in [0.05, 0.1) is 11.9 Å². The van der Waals surface area contributed by atoms with E-state index in [4.69, 9.17) is 0 Å². The van der Waals surface area contributed by atoms with Crippen LogP contribution in [0.4, 0.5) is 14.5 Å². The van der Waals surface area contributed by atoms with Crippen molar-refractivity contribution in [1.29, 1.82) is 0 Å². The molecule has 0 unspecified atom stereocenters. The second-order valence-electron chi connectivity index (χ2n) is 8.81. The molecule has 2 aromatic rings. The lowest BCUT2D eigenvalue weighted by atomic mass is 10.1. The first-order chi connectivity index (χ1) is 16.6. The van der Waals surface area contributed by atoms with Crippen molar-refractivity contribution in [1.82, 2.24) is 10.2 Å². The number of sulfonamides is 1. The molecule has 35 heavy (non-hydrogen) atoms. The Kier molecular flexibility index (Phi) is 8.82. The number of benzene rings is 2. The predicted molar refractivity (Wildman–Crippen MR) is 130 cm³/mol. The summed E-state index contributed by atoms with van der Waals surface area (Å²) in [5.74, 6) is -1.88. The van der Waals surface area contributed by atoms with Crippen LogP contribution in [-0.4, -0.2) is 50.0 Å². The third-order valence-electron chi connectivity index (χ3n) is 6.15. The van der Waals surface area contributed by atoms with Crippen LogP contribution in [0.25, 0.3) is 0 Å². The first kappa shape index (κ1) is 26.6. The van der Waals surface area contributed by atoms with E-state index in [1.807, 2.05) is 0 Å². The number of halogens is 2. The van der Waals surface area contributed by atoms with Gasteiger partial charge in [-0.2, -0.15) is 0 Å². The van der Waals surface area contributed by atoms with E-state index in [9.17, 15) is 26.8 Å². The van der Waals surface area contributed by atoms with Gasteiger partial charge in [-0.05, 0) is 61.2 Å². The highest BCUT2D eigenvalue weighted by molar-refractivity contribution is 7.92. The maximum absolute atomic E-state index is 13.5. The fourth-order valence-electron chi connectivity index (χ4n) is 4.29. The Morgan fingerprint density at radius 1 is 1.00 bits per heavy atom. The molecule has 0 radical (unpaired) electrons. The van der Waals surface area contributed by atoms with Crippen LogP contribution in [0.1, 0.15) is 44.6 Å². The van der Waals surface area contributed by atoms with Crippen LogP contribution in [0, 0.1) is 11.6 Å². The molecule has 0 aromatic heterocycles. The van der Waals surface area contributed by atoms with Crippen LogP contribution in [0.5, 0.6) is 0 Å². The molecular weight excluding hydrogens is 476 g/mol. The molecule has 190 valence electrons. The van der Waals surface area contributed by atoms with Crippen LogP contribution < -0.4 is 9.62 Å². The smallest absolute Gasteiger partial charge is 0.244 e. The molecule has 0 spiro atoms. The Bertz CT molecular complexity index is 1120. The second kappa shape index (κ2) is 11.6. The molecule has 0 aliphatic heterocycles. The topological polar surface area (TPSA) is 86.8 Å². The minimum absolute atomic E-state index is 0.00325. The van der Waals surface area contributed by atoms with Gasteiger partial charge in [-0.15, -0.1) is 0 Å². The first-order valence-electron chi connectivity index (χ1n) is 11.7. The van der Waals surface area contributed by atoms with Gasteiger partial charge in [0.1, 0.15) is 24.2 Å². The van der Waals surface area contributed by atoms with Crippen molar-refractivity contribution in [2.24, 2.45) is 0 Å². The Hall–Kier alpha value is -3.01. The van der Waals surface area contributed by atoms with Crippen LogP contribution in [0.15, 0.2) is 48.5 Å². The van der Waals surface area contributed by atoms with Gasteiger partial charge in [-0.1, -0.05) is 31.9 Å². The Balaban J connectivity index is 1.90. The zero-order valence-electron chi connectivity index (χ0n) is 19.9. The molecule has 1 aliphatic rings. The third kappa shape index (κ3) is 7.24. The molecule has 0 saturated heterocycles. The van der Waals surface area contributed by atoms with Gasteiger partial charge in [-0.25, -0.2) is 17.2 Å². The van der Waals surface area contributed by atoms with E-state index >= 15 is 0 Å². The zero-order chi connectivity index (χ0) is 25.6. The van der Waals surface area contributed by atoms with Gasteiger partial charge in [0.25, 0.3) is 0 Å². The summed E-state index contributed by atoms with van der Waals surface area (Å²) in [5, 5.41) is 3.02. The summed E-state index contributed by atoms with van der Waals surface area (Å²) in [6, 6.07) is 9.54. The average molecular weight is 508 g/mol. The number of carbonyl (C=O) groups excluding carboxylic acids is 2. The molecule has 1 N–H and O–H groups in total. The molecule has 2 amide bonds. The van der Waals surface area contributed by atoms with E-state index in [-0.39, 0.29) is 24.2 Å². The minimum atomic E-state index is -3.90. The summed E-state index contributed by atoms with van der Waals surface area (Å²) in [7, 11) is -3.90. The average Bonchev–Trinajstić information content (AvgIpc) is 3.31. The Morgan fingerprint density at radius 2 is 1.54 bits per heavy atom. The van der Waals surface area contributed by atoms with Gasteiger partial charge >= 0.3 is 0 Å². The number of carbonyl (C=O) groups is 2. The van der Waals surface area contributed by atoms with Crippen LogP contribution in [0.2, 0.25) is 0 Å². The lowest BCUT2D eigenvalue weighted by Crippen LogP contribution is -2.53. The summed E-state index contributed by atoms with van der Waals surface area (Å²) in [6.07, 6.45) is 5.07. The van der Waals surface area contributed by atoms with Gasteiger partial charge in [0, 0.05) is 12.6 Å². The standard InChI is InChI=1S/C25H31F2N3O4S/c1-3-23(25(32)28-21-6-4-5-7-21)29(16-18-8-10-19(26)11-9-18)24(31)17-30(35(2,33)34)22-14-12-20(27)13-15-22/h8-15,21,23H,3-7,16-17H2,1-2H3,(H,28,32)/t23-/m1/s1. The van der Waals surface area contributed by atoms with Crippen molar-refractivity contribution in [3.8, 4) is 0 Å². The third-order valence-corrected chi connectivity index (χ3v) is 7.29. The number of hydrogen-bond acceptors (Lipinski definition) is 4. The zero-order valence-corrected chi connectivity index (χ0v) is 20.7. The molecule has 10 heteroatoms. The quantitative estimate of drug-likeness (QED) is 0.533. The van der Waals surface area contributed by atoms with Gasteiger partial charge < -0.3 is 10.2 Å². The number of anilines is 1. The largest absolute Gasteiger partial charge is 0.352 e. The number of nitrogens with zero attached hydrogens (tertiary/aromatic N) is 2. The van der Waals surface area contributed by atoms with E-state index in [1.165, 1.54) is 41.3 Å². The number of amides is 2. The van der Waals surface area contributed by atoms with E-state index in [0.29, 0.717) is 12.0 Å². The van der Waals surface area contributed by atoms with Crippen LogP contribution >= 0.6 is 0 Å². The molecule has 2 aromatic carbocycles. The van der Waals surface area contributed by atoms with Crippen molar-refractivity contribution in [2.75, 3.05) is 17.1 Å². The molecule has 7 nitrogen and oxygen atoms in total. The van der Waals surface area contributed by atoms with Gasteiger partial charge in [0.15, 0.2) is 0 Å². The summed E-state index contributed by atoms with van der Waals surface area (Å²) in [6.45, 7) is 1.20. The SMILES string of the molecule is CC[C@H](C(=O)NC1CCCC1)N(Cc1ccc(F)cc1)C(=O)CN(c1ccc(F)cc1)S(C)(=O)=O. The summed E-state index contributed by atoms with van der Waals surface area (Å²) >= 11 is 0. The maximum atomic E-state index is 13.5. The van der Waals surface area contributed by atoms with Gasteiger partial charge in [-0.3, -0.25) is 13.9 Å². The summed E-state index contributed by atoms with van der Waals surface area (Å²) in [5.41, 5.74) is 0.729. The fraction of sp³-hybridized carbons (Fsp3) is 0.440. The molecule has 3 rings (SSSR count). The normalized spacial score (nSPS) is 15.0. The monoisotopic (exact) mass is 507 g/mol. The summed E-state index contributed by atoms with van der Waals surface area (Å²) in [4.78, 5) is 28.1. The highest BCUT2D eigenvalue weighted by atomic mass is 32.2. The van der Waals surface area contributed by atoms with E-state index in [0.717, 1.165) is 48.4 Å². The van der Waals surface area contributed by atoms with E-state index in [2.05, 4.69) is 5.32 Å². The molecule has 1 atom stereocenters. The second-order valence-corrected chi connectivity index (χ2v) is 10.7. The first-order valence-corrected chi connectivity index (χ1v) is 13.5. The fourth-order valence-corrected chi connectivity index (χ4v) is 5.14. The van der Waals surface area contributed by atoms with E-state index < -0.39 is 40.2 Å². The highest BCUT2D eigenvalue weighted by Crippen LogP contribution is 2.22. The van der Waals surface area contributed by atoms with Crippen molar-refractivity contribution in [2.45, 2.75) is 57.7 Å². The van der Waals surface area contributed by atoms with E-state index in [1.54, 1.807) is 6.92 Å². The lowest BCUT2D eigenvalue weighted by molar-refractivity contribution is -0.140. The number of hydrogen-bond donors (Lipinski definition) is 1. The highest BCUT2D eigenvalue weighted by Gasteiger charge is 2.33. The Labute approximate surface area is 205 Å². The Morgan fingerprint density at radius 3 is 2.06 bits per heavy atom. The molecular formula is C25H31F2N3O4S. The van der Waals surface area contributed by atoms with Crippen molar-refractivity contribution < 1.29 is 26.8 Å².